The van der Waals surface area contributed by atoms with Gasteiger partial charge in [0, 0.05) is 6.42 Å². The lowest BCUT2D eigenvalue weighted by Gasteiger charge is -2.20. The van der Waals surface area contributed by atoms with E-state index < -0.39 is 0 Å². The molecule has 3 rings (SSSR count). The lowest BCUT2D eigenvalue weighted by molar-refractivity contribution is -0.116. The lowest BCUT2D eigenvalue weighted by atomic mass is 9.86. The maximum Gasteiger partial charge on any atom is 0.226 e. The molecule has 1 aliphatic rings. The lowest BCUT2D eigenvalue weighted by Crippen LogP contribution is -2.14. The summed E-state index contributed by atoms with van der Waals surface area (Å²) in [6, 6.07) is 7.97. The summed E-state index contributed by atoms with van der Waals surface area (Å²) in [5.74, 6) is 0.861. The van der Waals surface area contributed by atoms with Crippen molar-refractivity contribution < 1.29 is 4.79 Å². The summed E-state index contributed by atoms with van der Waals surface area (Å²) < 4.78 is 1.12. The fourth-order valence-corrected chi connectivity index (χ4v) is 3.80. The van der Waals surface area contributed by atoms with E-state index in [0.29, 0.717) is 6.42 Å². The van der Waals surface area contributed by atoms with Crippen molar-refractivity contribution in [2.45, 2.75) is 44.9 Å². The second-order valence-corrected chi connectivity index (χ2v) is 6.61. The van der Waals surface area contributed by atoms with Gasteiger partial charge in [-0.25, -0.2) is 4.98 Å². The van der Waals surface area contributed by atoms with Crippen molar-refractivity contribution in [2.24, 2.45) is 5.92 Å². The van der Waals surface area contributed by atoms with Gasteiger partial charge in [0.15, 0.2) is 5.13 Å². The summed E-state index contributed by atoms with van der Waals surface area (Å²) in [5.41, 5.74) is 0.958. The molecular weight excluding hydrogens is 268 g/mol. The number of thiazole rings is 1. The molecule has 0 spiro atoms. The van der Waals surface area contributed by atoms with E-state index in [0.717, 1.165) is 27.7 Å². The van der Waals surface area contributed by atoms with Gasteiger partial charge in [-0.1, -0.05) is 55.6 Å². The molecule has 0 unspecified atom stereocenters. The van der Waals surface area contributed by atoms with Crippen LogP contribution in [0.4, 0.5) is 5.13 Å². The monoisotopic (exact) mass is 288 g/mol. The minimum absolute atomic E-state index is 0.106. The second kappa shape index (κ2) is 6.35. The van der Waals surface area contributed by atoms with Gasteiger partial charge in [0.25, 0.3) is 0 Å². The van der Waals surface area contributed by atoms with E-state index in [1.165, 1.54) is 32.1 Å². The molecule has 0 bridgehead atoms. The Balaban J connectivity index is 1.52. The number of rotatable bonds is 4. The summed E-state index contributed by atoms with van der Waals surface area (Å²) >= 11 is 1.54. The van der Waals surface area contributed by atoms with Gasteiger partial charge in [-0.05, 0) is 24.5 Å². The van der Waals surface area contributed by atoms with Crippen LogP contribution in [0.2, 0.25) is 0 Å². The Kier molecular flexibility index (Phi) is 4.31. The molecule has 1 fully saturated rings. The molecular formula is C16H20N2OS. The van der Waals surface area contributed by atoms with Crippen LogP contribution < -0.4 is 5.32 Å². The van der Waals surface area contributed by atoms with Crippen molar-refractivity contribution in [3.05, 3.63) is 24.3 Å². The highest BCUT2D eigenvalue weighted by Crippen LogP contribution is 2.28. The van der Waals surface area contributed by atoms with Crippen LogP contribution in [0.25, 0.3) is 10.2 Å². The van der Waals surface area contributed by atoms with E-state index in [4.69, 9.17) is 0 Å². The molecule has 2 aromatic rings. The molecule has 1 aromatic heterocycles. The van der Waals surface area contributed by atoms with Crippen LogP contribution in [0.5, 0.6) is 0 Å². The highest BCUT2D eigenvalue weighted by atomic mass is 32.1. The quantitative estimate of drug-likeness (QED) is 0.893. The number of para-hydroxylation sites is 1. The number of aromatic nitrogens is 1. The number of hydrogen-bond donors (Lipinski definition) is 1. The van der Waals surface area contributed by atoms with Gasteiger partial charge in [-0.2, -0.15) is 0 Å². The fraction of sp³-hybridized carbons (Fsp3) is 0.500. The highest BCUT2D eigenvalue weighted by Gasteiger charge is 2.15. The predicted octanol–water partition coefficient (Wildman–Crippen LogP) is 4.60. The van der Waals surface area contributed by atoms with Gasteiger partial charge in [-0.15, -0.1) is 0 Å². The largest absolute Gasteiger partial charge is 0.302 e. The van der Waals surface area contributed by atoms with Gasteiger partial charge in [0.05, 0.1) is 10.2 Å². The number of benzene rings is 1. The van der Waals surface area contributed by atoms with Crippen LogP contribution in [-0.4, -0.2) is 10.9 Å². The molecule has 106 valence electrons. The zero-order valence-electron chi connectivity index (χ0n) is 11.6. The first kappa shape index (κ1) is 13.6. The Morgan fingerprint density at radius 1 is 1.25 bits per heavy atom. The zero-order chi connectivity index (χ0) is 13.8. The molecule has 4 heteroatoms. The van der Waals surface area contributed by atoms with Gasteiger partial charge >= 0.3 is 0 Å². The molecule has 0 aliphatic heterocycles. The predicted molar refractivity (Wildman–Crippen MR) is 84.1 cm³/mol. The van der Waals surface area contributed by atoms with Gasteiger partial charge < -0.3 is 5.32 Å². The van der Waals surface area contributed by atoms with E-state index in [1.807, 2.05) is 24.3 Å². The molecule has 1 amide bonds. The van der Waals surface area contributed by atoms with E-state index in [-0.39, 0.29) is 5.91 Å². The summed E-state index contributed by atoms with van der Waals surface area (Å²) in [4.78, 5) is 16.4. The molecule has 0 saturated heterocycles. The molecule has 0 atom stereocenters. The van der Waals surface area contributed by atoms with E-state index in [2.05, 4.69) is 10.3 Å². The number of fused-ring (bicyclic) bond motifs is 1. The fourth-order valence-electron chi connectivity index (χ4n) is 2.92. The summed E-state index contributed by atoms with van der Waals surface area (Å²) in [5, 5.41) is 3.66. The molecule has 1 aliphatic carbocycles. The molecule has 1 saturated carbocycles. The number of amides is 1. The average Bonchev–Trinajstić information content (AvgIpc) is 2.88. The molecule has 1 N–H and O–H groups in total. The Morgan fingerprint density at radius 2 is 2.05 bits per heavy atom. The molecule has 3 nitrogen and oxygen atoms in total. The van der Waals surface area contributed by atoms with Crippen molar-refractivity contribution in [3.8, 4) is 0 Å². The van der Waals surface area contributed by atoms with Crippen LogP contribution in [0.3, 0.4) is 0 Å². The summed E-state index contributed by atoms with van der Waals surface area (Å²) in [7, 11) is 0. The average molecular weight is 288 g/mol. The highest BCUT2D eigenvalue weighted by molar-refractivity contribution is 7.22. The molecule has 20 heavy (non-hydrogen) atoms. The Labute approximate surface area is 123 Å². The normalized spacial score (nSPS) is 16.4. The number of nitrogens with zero attached hydrogens (tertiary/aromatic N) is 1. The topological polar surface area (TPSA) is 42.0 Å². The van der Waals surface area contributed by atoms with Crippen LogP contribution >= 0.6 is 11.3 Å². The van der Waals surface area contributed by atoms with Gasteiger partial charge in [0.1, 0.15) is 0 Å². The maximum absolute atomic E-state index is 12.0. The maximum atomic E-state index is 12.0. The van der Waals surface area contributed by atoms with Gasteiger partial charge in [0.2, 0.25) is 5.91 Å². The van der Waals surface area contributed by atoms with Crippen LogP contribution in [0.1, 0.15) is 44.9 Å². The van der Waals surface area contributed by atoms with Crippen molar-refractivity contribution in [1.82, 2.24) is 4.98 Å². The summed E-state index contributed by atoms with van der Waals surface area (Å²) in [6.45, 7) is 0. The zero-order valence-corrected chi connectivity index (χ0v) is 12.4. The van der Waals surface area contributed by atoms with Crippen molar-refractivity contribution in [2.75, 3.05) is 5.32 Å². The third-order valence-corrected chi connectivity index (χ3v) is 5.00. The van der Waals surface area contributed by atoms with Gasteiger partial charge in [-0.3, -0.25) is 4.79 Å². The first-order valence-corrected chi connectivity index (χ1v) is 8.28. The molecule has 1 aromatic carbocycles. The minimum Gasteiger partial charge on any atom is -0.302 e. The van der Waals surface area contributed by atoms with Crippen LogP contribution in [-0.2, 0) is 4.79 Å². The number of anilines is 1. The van der Waals surface area contributed by atoms with Crippen molar-refractivity contribution >= 4 is 32.6 Å². The number of carbonyl (C=O) groups is 1. The molecule has 1 heterocycles. The molecule has 0 radical (unpaired) electrons. The van der Waals surface area contributed by atoms with E-state index >= 15 is 0 Å². The Morgan fingerprint density at radius 3 is 2.85 bits per heavy atom. The van der Waals surface area contributed by atoms with Crippen molar-refractivity contribution in [3.63, 3.8) is 0 Å². The number of carbonyl (C=O) groups excluding carboxylic acids is 1. The van der Waals surface area contributed by atoms with E-state index in [9.17, 15) is 4.79 Å². The third-order valence-electron chi connectivity index (χ3n) is 4.04. The Bertz CT molecular complexity index is 554. The number of nitrogens with one attached hydrogen (secondary N) is 1. The SMILES string of the molecule is O=C(CCC1CCCCC1)Nc1nc2ccccc2s1. The van der Waals surface area contributed by atoms with E-state index in [1.54, 1.807) is 11.3 Å². The minimum atomic E-state index is 0.106. The van der Waals surface area contributed by atoms with Crippen molar-refractivity contribution in [1.29, 1.82) is 0 Å². The van der Waals surface area contributed by atoms with Crippen LogP contribution in [0, 0.1) is 5.92 Å². The first-order chi connectivity index (χ1) is 9.81. The summed E-state index contributed by atoms with van der Waals surface area (Å²) in [6.07, 6.45) is 8.29. The Hall–Kier alpha value is -1.42. The smallest absolute Gasteiger partial charge is 0.226 e. The third kappa shape index (κ3) is 3.37. The first-order valence-electron chi connectivity index (χ1n) is 7.47. The second-order valence-electron chi connectivity index (χ2n) is 5.58. The van der Waals surface area contributed by atoms with Crippen LogP contribution in [0.15, 0.2) is 24.3 Å². The number of hydrogen-bond acceptors (Lipinski definition) is 3. The standard InChI is InChI=1S/C16H20N2OS/c19-15(11-10-12-6-2-1-3-7-12)18-16-17-13-8-4-5-9-14(13)20-16/h4-5,8-9,12H,1-3,6-7,10-11H2,(H,17,18,19).